The number of carbonyl (C=O) groups is 2. The van der Waals surface area contributed by atoms with Crippen molar-refractivity contribution in [1.82, 2.24) is 16.0 Å². The van der Waals surface area contributed by atoms with Crippen LogP contribution in [0, 0.1) is 0 Å². The molecule has 0 fully saturated rings. The van der Waals surface area contributed by atoms with E-state index in [4.69, 9.17) is 5.73 Å². The quantitative estimate of drug-likeness (QED) is 0.660. The first-order chi connectivity index (χ1) is 10.6. The van der Waals surface area contributed by atoms with Crippen molar-refractivity contribution in [2.75, 3.05) is 0 Å². The molecule has 3 amide bonds. The number of rotatable bonds is 2. The third-order valence-corrected chi connectivity index (χ3v) is 4.00. The number of benzene rings is 1. The van der Waals surface area contributed by atoms with E-state index in [0.29, 0.717) is 0 Å². The lowest BCUT2D eigenvalue weighted by Crippen LogP contribution is -2.47. The minimum atomic E-state index is -0.506. The van der Waals surface area contributed by atoms with Gasteiger partial charge in [-0.05, 0) is 30.4 Å². The van der Waals surface area contributed by atoms with E-state index >= 15 is 0 Å². The van der Waals surface area contributed by atoms with E-state index in [2.05, 4.69) is 28.6 Å². The highest BCUT2D eigenvalue weighted by Gasteiger charge is 2.27. The van der Waals surface area contributed by atoms with Crippen LogP contribution in [-0.4, -0.2) is 11.9 Å². The molecule has 0 spiro atoms. The Kier molecular flexibility index (Phi) is 3.58. The van der Waals surface area contributed by atoms with Gasteiger partial charge in [0.1, 0.15) is 5.70 Å². The molecule has 0 bridgehead atoms. The number of urea groups is 1. The first-order valence-corrected chi connectivity index (χ1v) is 7.22. The summed E-state index contributed by atoms with van der Waals surface area (Å²) in [7, 11) is 0. The number of aryl methyl sites for hydroxylation is 1. The number of amides is 3. The van der Waals surface area contributed by atoms with E-state index < -0.39 is 11.9 Å². The lowest BCUT2D eigenvalue weighted by Gasteiger charge is -2.28. The number of hydrogen-bond donors (Lipinski definition) is 4. The van der Waals surface area contributed by atoms with Gasteiger partial charge in [-0.3, -0.25) is 4.79 Å². The number of hydrogen-bond acceptors (Lipinski definition) is 3. The third-order valence-electron chi connectivity index (χ3n) is 4.00. The van der Waals surface area contributed by atoms with Gasteiger partial charge >= 0.3 is 6.03 Å². The fraction of sp³-hybridized carbons (Fsp3) is 0.250. The summed E-state index contributed by atoms with van der Waals surface area (Å²) < 4.78 is 0. The summed E-state index contributed by atoms with van der Waals surface area (Å²) in [5.41, 5.74) is 8.64. The minimum absolute atomic E-state index is 0.0526. The summed E-state index contributed by atoms with van der Waals surface area (Å²) in [6.45, 7) is 3.63. The molecule has 1 aromatic rings. The molecule has 1 aromatic carbocycles. The molecule has 1 atom stereocenters. The molecule has 3 rings (SSSR count). The molecule has 0 radical (unpaired) electrons. The highest BCUT2D eigenvalue weighted by atomic mass is 16.2. The molecular formula is C16H18N4O2. The highest BCUT2D eigenvalue weighted by molar-refractivity contribution is 6.00. The van der Waals surface area contributed by atoms with Gasteiger partial charge in [0.25, 0.3) is 5.91 Å². The Morgan fingerprint density at radius 3 is 2.91 bits per heavy atom. The van der Waals surface area contributed by atoms with Crippen LogP contribution in [0.3, 0.4) is 0 Å². The van der Waals surface area contributed by atoms with Crippen LogP contribution in [0.4, 0.5) is 4.79 Å². The van der Waals surface area contributed by atoms with Gasteiger partial charge in [0, 0.05) is 0 Å². The van der Waals surface area contributed by atoms with Gasteiger partial charge in [-0.15, -0.1) is 0 Å². The smallest absolute Gasteiger partial charge is 0.323 e. The highest BCUT2D eigenvalue weighted by Crippen LogP contribution is 2.29. The lowest BCUT2D eigenvalue weighted by molar-refractivity contribution is -0.118. The molecule has 1 heterocycles. The molecule has 0 saturated carbocycles. The molecule has 0 saturated heterocycles. The van der Waals surface area contributed by atoms with E-state index in [-0.39, 0.29) is 23.1 Å². The van der Waals surface area contributed by atoms with E-state index in [9.17, 15) is 9.59 Å². The van der Waals surface area contributed by atoms with Gasteiger partial charge in [-0.2, -0.15) is 0 Å². The first kappa shape index (κ1) is 14.2. The predicted molar refractivity (Wildman–Crippen MR) is 82.3 cm³/mol. The second-order valence-corrected chi connectivity index (χ2v) is 5.46. The lowest BCUT2D eigenvalue weighted by atomic mass is 9.87. The average molecular weight is 298 g/mol. The second kappa shape index (κ2) is 5.55. The maximum Gasteiger partial charge on any atom is 0.323 e. The zero-order valence-electron chi connectivity index (χ0n) is 12.1. The zero-order chi connectivity index (χ0) is 15.7. The molecule has 1 aliphatic carbocycles. The molecular weight excluding hydrogens is 280 g/mol. The van der Waals surface area contributed by atoms with Crippen molar-refractivity contribution in [2.24, 2.45) is 5.73 Å². The predicted octanol–water partition coefficient (Wildman–Crippen LogP) is 1.18. The van der Waals surface area contributed by atoms with Gasteiger partial charge in [0.15, 0.2) is 0 Å². The normalized spacial score (nSPS) is 20.8. The van der Waals surface area contributed by atoms with Gasteiger partial charge in [0.05, 0.1) is 17.4 Å². The van der Waals surface area contributed by atoms with E-state index in [1.807, 2.05) is 18.2 Å². The van der Waals surface area contributed by atoms with Crippen LogP contribution in [0.2, 0.25) is 0 Å². The van der Waals surface area contributed by atoms with E-state index in [1.165, 1.54) is 5.56 Å². The van der Waals surface area contributed by atoms with Crippen molar-refractivity contribution in [3.8, 4) is 0 Å². The third kappa shape index (κ3) is 2.55. The second-order valence-electron chi connectivity index (χ2n) is 5.46. The van der Waals surface area contributed by atoms with Crippen LogP contribution in [-0.2, 0) is 11.2 Å². The Balaban J connectivity index is 1.82. The fourth-order valence-electron chi connectivity index (χ4n) is 2.88. The minimum Gasteiger partial charge on any atom is -0.395 e. The molecule has 0 unspecified atom stereocenters. The summed E-state index contributed by atoms with van der Waals surface area (Å²) >= 11 is 0. The van der Waals surface area contributed by atoms with Crippen LogP contribution < -0.4 is 21.7 Å². The van der Waals surface area contributed by atoms with Gasteiger partial charge in [0.2, 0.25) is 0 Å². The number of nitrogens with one attached hydrogen (secondary N) is 3. The topological polar surface area (TPSA) is 96.2 Å². The Labute approximate surface area is 128 Å². The van der Waals surface area contributed by atoms with Gasteiger partial charge in [-0.1, -0.05) is 30.8 Å². The summed E-state index contributed by atoms with van der Waals surface area (Å²) in [5, 5.41) is 7.82. The van der Waals surface area contributed by atoms with Crippen molar-refractivity contribution >= 4 is 11.9 Å². The molecule has 1 aliphatic heterocycles. The van der Waals surface area contributed by atoms with Crippen molar-refractivity contribution in [3.05, 3.63) is 59.1 Å². The van der Waals surface area contributed by atoms with Crippen LogP contribution in [0.1, 0.15) is 30.0 Å². The maximum absolute atomic E-state index is 12.4. The summed E-state index contributed by atoms with van der Waals surface area (Å²) in [6.07, 6.45) is 2.89. The molecule has 5 N–H and O–H groups in total. The van der Waals surface area contributed by atoms with Crippen LogP contribution in [0.5, 0.6) is 0 Å². The van der Waals surface area contributed by atoms with E-state index in [0.717, 1.165) is 24.8 Å². The van der Waals surface area contributed by atoms with Gasteiger partial charge in [-0.25, -0.2) is 4.79 Å². The molecule has 114 valence electrons. The van der Waals surface area contributed by atoms with Crippen LogP contribution >= 0.6 is 0 Å². The van der Waals surface area contributed by atoms with Crippen molar-refractivity contribution in [3.63, 3.8) is 0 Å². The summed E-state index contributed by atoms with van der Waals surface area (Å²) in [6, 6.07) is 7.49. The molecule has 2 aliphatic rings. The van der Waals surface area contributed by atoms with Crippen molar-refractivity contribution in [2.45, 2.75) is 25.3 Å². The van der Waals surface area contributed by atoms with Crippen LogP contribution in [0.15, 0.2) is 47.9 Å². The largest absolute Gasteiger partial charge is 0.395 e. The number of fused-ring (bicyclic) bond motifs is 1. The standard InChI is InChI=1S/C16H18N4O2/c1-9-13(17)14(20-16(22)18-9)15(21)19-12-8-4-6-10-5-2-3-7-11(10)12/h2-3,5,7,12H,1,4,6,8,17H2,(H,19,21)(H2,18,20,22)/t12-/m1/s1. The molecule has 22 heavy (non-hydrogen) atoms. The molecule has 6 heteroatoms. The number of nitrogens with two attached hydrogens (primary N) is 1. The Morgan fingerprint density at radius 1 is 1.32 bits per heavy atom. The Hall–Kier alpha value is -2.76. The summed E-state index contributed by atoms with van der Waals surface area (Å²) in [5.74, 6) is -0.393. The fourth-order valence-corrected chi connectivity index (χ4v) is 2.88. The average Bonchev–Trinajstić information content (AvgIpc) is 2.51. The maximum atomic E-state index is 12.4. The number of carbonyl (C=O) groups excluding carboxylic acids is 2. The Bertz CT molecular complexity index is 693. The van der Waals surface area contributed by atoms with Crippen molar-refractivity contribution < 1.29 is 9.59 Å². The van der Waals surface area contributed by atoms with Crippen molar-refractivity contribution in [1.29, 1.82) is 0 Å². The first-order valence-electron chi connectivity index (χ1n) is 7.22. The Morgan fingerprint density at radius 2 is 2.09 bits per heavy atom. The van der Waals surface area contributed by atoms with E-state index in [1.54, 1.807) is 0 Å². The van der Waals surface area contributed by atoms with Crippen LogP contribution in [0.25, 0.3) is 0 Å². The summed E-state index contributed by atoms with van der Waals surface area (Å²) in [4.78, 5) is 23.9. The molecule has 0 aromatic heterocycles. The SMILES string of the molecule is C=C1NC(=O)NC(C(=O)N[C@@H]2CCCc3ccccc32)=C1N. The molecule has 6 nitrogen and oxygen atoms in total. The monoisotopic (exact) mass is 298 g/mol. The zero-order valence-corrected chi connectivity index (χ0v) is 12.1. The van der Waals surface area contributed by atoms with Gasteiger partial charge < -0.3 is 21.7 Å².